The molecule has 1 aromatic carbocycles. The lowest BCUT2D eigenvalue weighted by Crippen LogP contribution is -2.40. The van der Waals surface area contributed by atoms with Crippen molar-refractivity contribution >= 4 is 15.9 Å². The van der Waals surface area contributed by atoms with E-state index in [9.17, 15) is 13.2 Å². The second-order valence-electron chi connectivity index (χ2n) is 5.03. The van der Waals surface area contributed by atoms with Gasteiger partial charge in [-0.25, -0.2) is 13.1 Å². The topological polar surface area (TPSA) is 84.5 Å². The minimum atomic E-state index is -3.67. The first kappa shape index (κ1) is 15.9. The molecule has 1 atom stereocenters. The molecule has 116 valence electrons. The molecule has 2 N–H and O–H groups in total. The first-order valence-corrected chi connectivity index (χ1v) is 8.41. The number of carbonyl (C=O) groups excluding carboxylic acids is 1. The zero-order valence-corrected chi connectivity index (χ0v) is 12.8. The number of sulfonamides is 1. The standard InChI is InChI=1S/C14H20N2O4S/c1-11-5-2-3-7-13(11)21(18,19)16-10-14(17)15-9-12-6-4-8-20-12/h2-3,5,7,12,16H,4,6,8-10H2,1H3,(H,15,17). The molecule has 0 radical (unpaired) electrons. The molecule has 2 rings (SSSR count). The molecule has 0 saturated carbocycles. The van der Waals surface area contributed by atoms with Crippen LogP contribution in [0.15, 0.2) is 29.2 Å². The Morgan fingerprint density at radius 1 is 1.38 bits per heavy atom. The molecule has 1 saturated heterocycles. The third-order valence-corrected chi connectivity index (χ3v) is 4.92. The highest BCUT2D eigenvalue weighted by Crippen LogP contribution is 2.13. The quantitative estimate of drug-likeness (QED) is 0.804. The lowest BCUT2D eigenvalue weighted by Gasteiger charge is -2.12. The maximum Gasteiger partial charge on any atom is 0.241 e. The second kappa shape index (κ2) is 7.02. The Morgan fingerprint density at radius 3 is 2.81 bits per heavy atom. The molecular formula is C14H20N2O4S. The van der Waals surface area contributed by atoms with Crippen molar-refractivity contribution in [1.82, 2.24) is 10.0 Å². The van der Waals surface area contributed by atoms with Crippen LogP contribution in [0.2, 0.25) is 0 Å². The van der Waals surface area contributed by atoms with Crippen LogP contribution in [0.4, 0.5) is 0 Å². The Kier molecular flexibility index (Phi) is 5.33. The van der Waals surface area contributed by atoms with Gasteiger partial charge in [-0.3, -0.25) is 4.79 Å². The van der Waals surface area contributed by atoms with Crippen molar-refractivity contribution in [3.05, 3.63) is 29.8 Å². The van der Waals surface area contributed by atoms with Crippen LogP contribution >= 0.6 is 0 Å². The minimum Gasteiger partial charge on any atom is -0.376 e. The first-order valence-electron chi connectivity index (χ1n) is 6.92. The number of aryl methyl sites for hydroxylation is 1. The number of amides is 1. The highest BCUT2D eigenvalue weighted by atomic mass is 32.2. The van der Waals surface area contributed by atoms with Crippen LogP contribution in [0.5, 0.6) is 0 Å². The Bertz CT molecular complexity index is 595. The summed E-state index contributed by atoms with van der Waals surface area (Å²) in [5, 5.41) is 2.67. The third kappa shape index (κ3) is 4.52. The Balaban J connectivity index is 1.84. The number of nitrogens with one attached hydrogen (secondary N) is 2. The fraction of sp³-hybridized carbons (Fsp3) is 0.500. The van der Waals surface area contributed by atoms with E-state index < -0.39 is 10.0 Å². The van der Waals surface area contributed by atoms with Crippen LogP contribution < -0.4 is 10.0 Å². The highest BCUT2D eigenvalue weighted by Gasteiger charge is 2.19. The molecule has 1 unspecified atom stereocenters. The van der Waals surface area contributed by atoms with E-state index in [0.717, 1.165) is 19.4 Å². The number of ether oxygens (including phenoxy) is 1. The van der Waals surface area contributed by atoms with E-state index in [1.807, 2.05) is 0 Å². The van der Waals surface area contributed by atoms with Crippen LogP contribution in [0.25, 0.3) is 0 Å². The smallest absolute Gasteiger partial charge is 0.241 e. The molecule has 0 aliphatic carbocycles. The number of hydrogen-bond acceptors (Lipinski definition) is 4. The zero-order valence-electron chi connectivity index (χ0n) is 12.0. The van der Waals surface area contributed by atoms with Crippen molar-refractivity contribution in [2.45, 2.75) is 30.8 Å². The van der Waals surface area contributed by atoms with Crippen molar-refractivity contribution in [2.75, 3.05) is 19.7 Å². The van der Waals surface area contributed by atoms with Crippen molar-refractivity contribution in [3.8, 4) is 0 Å². The van der Waals surface area contributed by atoms with E-state index in [1.54, 1.807) is 25.1 Å². The van der Waals surface area contributed by atoms with E-state index in [-0.39, 0.29) is 23.5 Å². The molecule has 1 aliphatic heterocycles. The molecule has 0 spiro atoms. The van der Waals surface area contributed by atoms with Gasteiger partial charge >= 0.3 is 0 Å². The van der Waals surface area contributed by atoms with Gasteiger partial charge in [-0.2, -0.15) is 0 Å². The number of hydrogen-bond donors (Lipinski definition) is 2. The summed E-state index contributed by atoms with van der Waals surface area (Å²) in [5.74, 6) is -0.359. The van der Waals surface area contributed by atoms with Crippen molar-refractivity contribution < 1.29 is 17.9 Å². The monoisotopic (exact) mass is 312 g/mol. The van der Waals surface area contributed by atoms with Crippen molar-refractivity contribution in [3.63, 3.8) is 0 Å². The van der Waals surface area contributed by atoms with Crippen LogP contribution in [-0.4, -0.2) is 40.1 Å². The van der Waals surface area contributed by atoms with Gasteiger partial charge < -0.3 is 10.1 Å². The van der Waals surface area contributed by atoms with E-state index in [1.165, 1.54) is 6.07 Å². The SMILES string of the molecule is Cc1ccccc1S(=O)(=O)NCC(=O)NCC1CCCO1. The molecule has 0 aromatic heterocycles. The number of benzene rings is 1. The molecule has 0 bridgehead atoms. The fourth-order valence-electron chi connectivity index (χ4n) is 2.19. The Morgan fingerprint density at radius 2 is 2.14 bits per heavy atom. The Labute approximate surface area is 124 Å². The molecule has 7 heteroatoms. The molecule has 1 heterocycles. The molecule has 21 heavy (non-hydrogen) atoms. The average molecular weight is 312 g/mol. The first-order chi connectivity index (χ1) is 9.99. The zero-order chi connectivity index (χ0) is 15.3. The van der Waals surface area contributed by atoms with Crippen molar-refractivity contribution in [2.24, 2.45) is 0 Å². The summed E-state index contributed by atoms with van der Waals surface area (Å²) >= 11 is 0. The summed E-state index contributed by atoms with van der Waals surface area (Å²) < 4.78 is 31.9. The number of carbonyl (C=O) groups is 1. The van der Waals surface area contributed by atoms with Gasteiger partial charge in [0.05, 0.1) is 17.5 Å². The average Bonchev–Trinajstić information content (AvgIpc) is 2.96. The van der Waals surface area contributed by atoms with Crippen LogP contribution in [-0.2, 0) is 19.6 Å². The van der Waals surface area contributed by atoms with Crippen LogP contribution in [0, 0.1) is 6.92 Å². The highest BCUT2D eigenvalue weighted by molar-refractivity contribution is 7.89. The summed E-state index contributed by atoms with van der Waals surface area (Å²) in [4.78, 5) is 11.9. The van der Waals surface area contributed by atoms with Gasteiger partial charge in [0.25, 0.3) is 0 Å². The molecule has 1 aliphatic rings. The minimum absolute atomic E-state index is 0.0434. The van der Waals surface area contributed by atoms with E-state index >= 15 is 0 Å². The van der Waals surface area contributed by atoms with Gasteiger partial charge in [-0.1, -0.05) is 18.2 Å². The summed E-state index contributed by atoms with van der Waals surface area (Å²) in [7, 11) is -3.67. The molecule has 1 amide bonds. The summed E-state index contributed by atoms with van der Waals surface area (Å²) in [6.07, 6.45) is 1.97. The lowest BCUT2D eigenvalue weighted by atomic mass is 10.2. The predicted molar refractivity (Wildman–Crippen MR) is 78.4 cm³/mol. The summed E-state index contributed by atoms with van der Waals surface area (Å²) in [5.41, 5.74) is 0.643. The summed E-state index contributed by atoms with van der Waals surface area (Å²) in [6.45, 7) is 2.58. The summed E-state index contributed by atoms with van der Waals surface area (Å²) in [6, 6.07) is 6.65. The van der Waals surface area contributed by atoms with Gasteiger partial charge in [0.1, 0.15) is 0 Å². The molecule has 1 fully saturated rings. The fourth-order valence-corrected chi connectivity index (χ4v) is 3.42. The maximum absolute atomic E-state index is 12.1. The van der Waals surface area contributed by atoms with Gasteiger partial charge in [0, 0.05) is 13.2 Å². The third-order valence-electron chi connectivity index (χ3n) is 3.36. The predicted octanol–water partition coefficient (Wildman–Crippen LogP) is 0.569. The largest absolute Gasteiger partial charge is 0.376 e. The molecule has 6 nitrogen and oxygen atoms in total. The maximum atomic E-state index is 12.1. The lowest BCUT2D eigenvalue weighted by molar-refractivity contribution is -0.120. The van der Waals surface area contributed by atoms with Crippen LogP contribution in [0.3, 0.4) is 0 Å². The molecular weight excluding hydrogens is 292 g/mol. The Hall–Kier alpha value is -1.44. The number of rotatable bonds is 6. The van der Waals surface area contributed by atoms with E-state index in [2.05, 4.69) is 10.0 Å². The van der Waals surface area contributed by atoms with E-state index in [0.29, 0.717) is 12.1 Å². The molecule has 1 aromatic rings. The van der Waals surface area contributed by atoms with Gasteiger partial charge in [0.15, 0.2) is 0 Å². The van der Waals surface area contributed by atoms with Crippen molar-refractivity contribution in [1.29, 1.82) is 0 Å². The normalized spacial score (nSPS) is 18.6. The van der Waals surface area contributed by atoms with Gasteiger partial charge in [-0.05, 0) is 31.4 Å². The van der Waals surface area contributed by atoms with E-state index in [4.69, 9.17) is 4.74 Å². The second-order valence-corrected chi connectivity index (χ2v) is 6.76. The van der Waals surface area contributed by atoms with Gasteiger partial charge in [0.2, 0.25) is 15.9 Å². The van der Waals surface area contributed by atoms with Crippen LogP contribution in [0.1, 0.15) is 18.4 Å². The van der Waals surface area contributed by atoms with Gasteiger partial charge in [-0.15, -0.1) is 0 Å².